The van der Waals surface area contributed by atoms with Crippen LogP contribution in [0.3, 0.4) is 0 Å². The van der Waals surface area contributed by atoms with Crippen molar-refractivity contribution >= 4 is 6.21 Å². The van der Waals surface area contributed by atoms with Gasteiger partial charge in [0.05, 0.1) is 19.1 Å². The molecule has 0 aliphatic heterocycles. The SMILES string of the molecule is C/C=C/COc1cc(C)c(CCCCCCOc2c(C=NOC)ncn2C)c(C)c1. The molecule has 0 saturated heterocycles. The molecular formula is C24H35N3O3. The molecule has 30 heavy (non-hydrogen) atoms. The molecule has 0 fully saturated rings. The molecule has 0 unspecified atom stereocenters. The molecular weight excluding hydrogens is 378 g/mol. The zero-order chi connectivity index (χ0) is 21.8. The summed E-state index contributed by atoms with van der Waals surface area (Å²) in [5, 5.41) is 3.76. The fourth-order valence-corrected chi connectivity index (χ4v) is 3.40. The van der Waals surface area contributed by atoms with Crippen LogP contribution in [0.25, 0.3) is 0 Å². The number of benzene rings is 1. The van der Waals surface area contributed by atoms with Gasteiger partial charge in [0.15, 0.2) is 0 Å². The molecule has 0 spiro atoms. The first-order valence-corrected chi connectivity index (χ1v) is 10.6. The first-order chi connectivity index (χ1) is 14.6. The Morgan fingerprint density at radius 3 is 2.50 bits per heavy atom. The van der Waals surface area contributed by atoms with Crippen LogP contribution in [-0.2, 0) is 18.3 Å². The van der Waals surface area contributed by atoms with Crippen molar-refractivity contribution in [2.75, 3.05) is 20.3 Å². The topological polar surface area (TPSA) is 57.9 Å². The van der Waals surface area contributed by atoms with Crippen molar-refractivity contribution in [2.45, 2.75) is 52.9 Å². The smallest absolute Gasteiger partial charge is 0.222 e. The van der Waals surface area contributed by atoms with E-state index >= 15 is 0 Å². The molecule has 0 aliphatic rings. The largest absolute Gasteiger partial charge is 0.490 e. The van der Waals surface area contributed by atoms with Crippen molar-refractivity contribution in [3.05, 3.63) is 53.0 Å². The van der Waals surface area contributed by atoms with Gasteiger partial charge in [0, 0.05) is 7.05 Å². The van der Waals surface area contributed by atoms with Gasteiger partial charge in [-0.3, -0.25) is 0 Å². The number of allylic oxidation sites excluding steroid dienone is 1. The van der Waals surface area contributed by atoms with Crippen LogP contribution in [0.15, 0.2) is 35.8 Å². The molecule has 6 heteroatoms. The Balaban J connectivity index is 1.71. The summed E-state index contributed by atoms with van der Waals surface area (Å²) in [4.78, 5) is 8.97. The van der Waals surface area contributed by atoms with Crippen LogP contribution in [0, 0.1) is 13.8 Å². The molecule has 2 aromatic rings. The van der Waals surface area contributed by atoms with Crippen molar-refractivity contribution in [3.63, 3.8) is 0 Å². The first-order valence-electron chi connectivity index (χ1n) is 10.6. The fourth-order valence-electron chi connectivity index (χ4n) is 3.40. The quantitative estimate of drug-likeness (QED) is 0.197. The Kier molecular flexibility index (Phi) is 9.98. The predicted octanol–water partition coefficient (Wildman–Crippen LogP) is 5.15. The standard InChI is InChI=1S/C24H35N3O3/c1-6-7-13-29-21-15-19(2)22(20(3)16-21)12-10-8-9-11-14-30-24-23(17-26-28-5)25-18-27(24)4/h6-7,15-18H,8-14H2,1-5H3/b7-6+,26-17?. The van der Waals surface area contributed by atoms with E-state index in [1.165, 1.54) is 36.6 Å². The summed E-state index contributed by atoms with van der Waals surface area (Å²) in [6.07, 6.45) is 12.9. The maximum atomic E-state index is 5.90. The maximum Gasteiger partial charge on any atom is 0.222 e. The van der Waals surface area contributed by atoms with Crippen molar-refractivity contribution in [2.24, 2.45) is 12.2 Å². The molecule has 0 aliphatic carbocycles. The summed E-state index contributed by atoms with van der Waals surface area (Å²) in [5.41, 5.74) is 4.76. The van der Waals surface area contributed by atoms with Gasteiger partial charge in [-0.1, -0.05) is 30.1 Å². The lowest BCUT2D eigenvalue weighted by molar-refractivity contribution is 0.215. The van der Waals surface area contributed by atoms with Crippen molar-refractivity contribution in [1.82, 2.24) is 9.55 Å². The predicted molar refractivity (Wildman–Crippen MR) is 122 cm³/mol. The highest BCUT2D eigenvalue weighted by Gasteiger charge is 2.09. The number of hydrogen-bond donors (Lipinski definition) is 0. The number of rotatable bonds is 13. The third kappa shape index (κ3) is 7.25. The molecule has 0 N–H and O–H groups in total. The highest BCUT2D eigenvalue weighted by atomic mass is 16.6. The lowest BCUT2D eigenvalue weighted by Gasteiger charge is -2.13. The van der Waals surface area contributed by atoms with Gasteiger partial charge in [-0.05, 0) is 68.9 Å². The molecule has 164 valence electrons. The van der Waals surface area contributed by atoms with Gasteiger partial charge in [-0.25, -0.2) is 4.98 Å². The summed E-state index contributed by atoms with van der Waals surface area (Å²) in [6, 6.07) is 4.30. The maximum absolute atomic E-state index is 5.90. The lowest BCUT2D eigenvalue weighted by atomic mass is 9.97. The van der Waals surface area contributed by atoms with Gasteiger partial charge in [-0.15, -0.1) is 0 Å². The Labute approximate surface area is 180 Å². The molecule has 0 atom stereocenters. The van der Waals surface area contributed by atoms with Crippen molar-refractivity contribution in [1.29, 1.82) is 0 Å². The Morgan fingerprint density at radius 2 is 1.80 bits per heavy atom. The average molecular weight is 414 g/mol. The highest BCUT2D eigenvalue weighted by Crippen LogP contribution is 2.24. The molecule has 0 radical (unpaired) electrons. The minimum absolute atomic E-state index is 0.621. The Bertz CT molecular complexity index is 817. The van der Waals surface area contributed by atoms with Crippen LogP contribution in [0.1, 0.15) is 55.0 Å². The van der Waals surface area contributed by atoms with Gasteiger partial charge in [0.2, 0.25) is 5.88 Å². The lowest BCUT2D eigenvalue weighted by Crippen LogP contribution is -2.03. The monoisotopic (exact) mass is 413 g/mol. The van der Waals surface area contributed by atoms with Crippen LogP contribution in [0.4, 0.5) is 0 Å². The summed E-state index contributed by atoms with van der Waals surface area (Å²) in [7, 11) is 3.42. The van der Waals surface area contributed by atoms with Gasteiger partial charge in [-0.2, -0.15) is 0 Å². The minimum Gasteiger partial charge on any atom is -0.490 e. The van der Waals surface area contributed by atoms with Crippen LogP contribution in [0.5, 0.6) is 11.6 Å². The zero-order valence-electron chi connectivity index (χ0n) is 19.0. The van der Waals surface area contributed by atoms with Crippen molar-refractivity contribution in [3.8, 4) is 11.6 Å². The van der Waals surface area contributed by atoms with Crippen LogP contribution < -0.4 is 9.47 Å². The number of imidazole rings is 1. The second kappa shape index (κ2) is 12.7. The average Bonchev–Trinajstić information content (AvgIpc) is 3.07. The van der Waals surface area contributed by atoms with Gasteiger partial charge < -0.3 is 18.9 Å². The molecule has 2 rings (SSSR count). The summed E-state index contributed by atoms with van der Waals surface area (Å²) < 4.78 is 13.5. The minimum atomic E-state index is 0.621. The molecule has 1 aromatic carbocycles. The van der Waals surface area contributed by atoms with E-state index in [2.05, 4.69) is 36.1 Å². The van der Waals surface area contributed by atoms with Crippen LogP contribution in [0.2, 0.25) is 0 Å². The third-order valence-corrected chi connectivity index (χ3v) is 5.00. The van der Waals surface area contributed by atoms with E-state index < -0.39 is 0 Å². The molecule has 1 aromatic heterocycles. The molecule has 1 heterocycles. The number of hydrogen-bond acceptors (Lipinski definition) is 5. The number of oxime groups is 1. The van der Waals surface area contributed by atoms with Crippen LogP contribution in [-0.4, -0.2) is 36.1 Å². The first kappa shape index (κ1) is 23.5. The number of ether oxygens (including phenoxy) is 2. The number of nitrogens with zero attached hydrogens (tertiary/aromatic N) is 3. The van der Waals surface area contributed by atoms with E-state index in [9.17, 15) is 0 Å². The fraction of sp³-hybridized carbons (Fsp3) is 0.500. The van der Waals surface area contributed by atoms with E-state index in [-0.39, 0.29) is 0 Å². The molecule has 0 saturated carbocycles. The van der Waals surface area contributed by atoms with E-state index in [1.807, 2.05) is 30.7 Å². The molecule has 0 amide bonds. The third-order valence-electron chi connectivity index (χ3n) is 5.00. The number of aromatic nitrogens is 2. The van der Waals surface area contributed by atoms with Gasteiger partial charge in [0.25, 0.3) is 0 Å². The van der Waals surface area contributed by atoms with E-state index in [0.29, 0.717) is 18.9 Å². The number of unbranched alkanes of at least 4 members (excludes halogenated alkanes) is 3. The van der Waals surface area contributed by atoms with Gasteiger partial charge >= 0.3 is 0 Å². The summed E-state index contributed by atoms with van der Waals surface area (Å²) in [6.45, 7) is 7.65. The number of aryl methyl sites for hydroxylation is 3. The van der Waals surface area contributed by atoms with Gasteiger partial charge in [0.1, 0.15) is 25.2 Å². The Hall–Kier alpha value is -2.76. The second-order valence-electron chi connectivity index (χ2n) is 7.39. The van der Waals surface area contributed by atoms with E-state index in [4.69, 9.17) is 14.3 Å². The highest BCUT2D eigenvalue weighted by molar-refractivity contribution is 5.79. The van der Waals surface area contributed by atoms with Crippen molar-refractivity contribution < 1.29 is 14.3 Å². The normalized spacial score (nSPS) is 11.5. The summed E-state index contributed by atoms with van der Waals surface area (Å²) >= 11 is 0. The molecule has 0 bridgehead atoms. The Morgan fingerprint density at radius 1 is 1.07 bits per heavy atom. The van der Waals surface area contributed by atoms with E-state index in [1.54, 1.807) is 12.5 Å². The summed E-state index contributed by atoms with van der Waals surface area (Å²) in [5.74, 6) is 1.67. The zero-order valence-corrected chi connectivity index (χ0v) is 19.0. The van der Waals surface area contributed by atoms with E-state index in [0.717, 1.165) is 30.9 Å². The molecule has 6 nitrogen and oxygen atoms in total. The van der Waals surface area contributed by atoms with Crippen LogP contribution >= 0.6 is 0 Å². The second-order valence-corrected chi connectivity index (χ2v) is 7.39.